The first-order valence-electron chi connectivity index (χ1n) is 7.06. The van der Waals surface area contributed by atoms with E-state index in [0.29, 0.717) is 17.8 Å². The summed E-state index contributed by atoms with van der Waals surface area (Å²) in [4.78, 5) is 27.4. The number of aromatic nitrogens is 3. The Hall–Kier alpha value is -3.66. The average Bonchev–Trinajstić information content (AvgIpc) is 2.97. The molecule has 2 heterocycles. The molecule has 0 fully saturated rings. The number of carboxylic acid groups (broad SMARTS) is 1. The Morgan fingerprint density at radius 1 is 1.25 bits per heavy atom. The third-order valence-electron chi connectivity index (χ3n) is 3.54. The Morgan fingerprint density at radius 3 is 2.58 bits per heavy atom. The van der Waals surface area contributed by atoms with Gasteiger partial charge in [0, 0.05) is 12.4 Å². The summed E-state index contributed by atoms with van der Waals surface area (Å²) in [6.07, 6.45) is 3.08. The van der Waals surface area contributed by atoms with Crippen molar-refractivity contribution >= 4 is 5.97 Å². The number of hydrogen-bond acceptors (Lipinski definition) is 4. The quantitative estimate of drug-likeness (QED) is 0.763. The predicted molar refractivity (Wildman–Crippen MR) is 85.9 cm³/mol. The molecule has 0 aliphatic heterocycles. The first-order valence-corrected chi connectivity index (χ1v) is 7.06. The van der Waals surface area contributed by atoms with Crippen molar-refractivity contribution in [3.8, 4) is 23.0 Å². The van der Waals surface area contributed by atoms with Gasteiger partial charge in [0.1, 0.15) is 0 Å². The lowest BCUT2D eigenvalue weighted by atomic mass is 10.1. The number of rotatable bonds is 4. The standard InChI is InChI=1S/C17H12N4O3/c18-8-7-11-1-3-12(4-2-11)14-10-20-21(16(14)22)15-6-5-13(9-19-15)17(23)24/h1-6,9-10,20H,7H2,(H,23,24). The lowest BCUT2D eigenvalue weighted by molar-refractivity contribution is 0.0696. The van der Waals surface area contributed by atoms with Crippen molar-refractivity contribution in [3.05, 3.63) is 70.3 Å². The zero-order valence-corrected chi connectivity index (χ0v) is 12.4. The van der Waals surface area contributed by atoms with Gasteiger partial charge >= 0.3 is 5.97 Å². The minimum Gasteiger partial charge on any atom is -0.478 e. The first-order chi connectivity index (χ1) is 11.6. The van der Waals surface area contributed by atoms with Gasteiger partial charge < -0.3 is 5.11 Å². The van der Waals surface area contributed by atoms with Gasteiger partial charge in [-0.1, -0.05) is 24.3 Å². The van der Waals surface area contributed by atoms with E-state index >= 15 is 0 Å². The fourth-order valence-electron chi connectivity index (χ4n) is 2.29. The predicted octanol–water partition coefficient (Wildman–Crippen LogP) is 1.99. The van der Waals surface area contributed by atoms with Gasteiger partial charge in [-0.3, -0.25) is 9.89 Å². The highest BCUT2D eigenvalue weighted by atomic mass is 16.4. The van der Waals surface area contributed by atoms with Crippen molar-refractivity contribution in [2.45, 2.75) is 6.42 Å². The number of nitriles is 1. The van der Waals surface area contributed by atoms with Gasteiger partial charge in [0.05, 0.1) is 23.6 Å². The van der Waals surface area contributed by atoms with E-state index in [0.717, 1.165) is 11.1 Å². The molecular weight excluding hydrogens is 308 g/mol. The highest BCUT2D eigenvalue weighted by Gasteiger charge is 2.11. The summed E-state index contributed by atoms with van der Waals surface area (Å²) in [5.74, 6) is -0.775. The number of hydrogen-bond donors (Lipinski definition) is 2. The average molecular weight is 320 g/mol. The lowest BCUT2D eigenvalue weighted by Crippen LogP contribution is -2.17. The summed E-state index contributed by atoms with van der Waals surface area (Å²) in [7, 11) is 0. The molecule has 0 aliphatic carbocycles. The van der Waals surface area contributed by atoms with Crippen LogP contribution in [0.2, 0.25) is 0 Å². The van der Waals surface area contributed by atoms with Gasteiger partial charge in [0.2, 0.25) is 0 Å². The lowest BCUT2D eigenvalue weighted by Gasteiger charge is -2.01. The summed E-state index contributed by atoms with van der Waals surface area (Å²) >= 11 is 0. The number of aromatic amines is 1. The number of aromatic carboxylic acids is 1. The van der Waals surface area contributed by atoms with Gasteiger partial charge in [-0.15, -0.1) is 0 Å². The summed E-state index contributed by atoms with van der Waals surface area (Å²) < 4.78 is 1.24. The summed E-state index contributed by atoms with van der Waals surface area (Å²) in [5.41, 5.74) is 1.81. The van der Waals surface area contributed by atoms with Crippen molar-refractivity contribution in [1.82, 2.24) is 14.8 Å². The molecule has 0 aliphatic rings. The molecule has 0 radical (unpaired) electrons. The number of nitrogens with one attached hydrogen (secondary N) is 1. The Morgan fingerprint density at radius 2 is 2.00 bits per heavy atom. The Balaban J connectivity index is 1.95. The van der Waals surface area contributed by atoms with E-state index in [1.54, 1.807) is 30.5 Å². The maximum Gasteiger partial charge on any atom is 0.337 e. The molecular formula is C17H12N4O3. The first kappa shape index (κ1) is 15.2. The van der Waals surface area contributed by atoms with E-state index in [-0.39, 0.29) is 11.1 Å². The van der Waals surface area contributed by atoms with Gasteiger partial charge in [-0.25, -0.2) is 14.5 Å². The largest absolute Gasteiger partial charge is 0.478 e. The SMILES string of the molecule is N#CCc1ccc(-c2c[nH]n(-c3ccc(C(=O)O)cn3)c2=O)cc1. The van der Waals surface area contributed by atoms with Crippen LogP contribution in [-0.2, 0) is 6.42 Å². The zero-order chi connectivity index (χ0) is 17.1. The minimum atomic E-state index is -1.08. The van der Waals surface area contributed by atoms with Crippen molar-refractivity contribution in [3.63, 3.8) is 0 Å². The Bertz CT molecular complexity index is 976. The molecule has 0 spiro atoms. The van der Waals surface area contributed by atoms with E-state index in [2.05, 4.69) is 16.2 Å². The topological polar surface area (TPSA) is 112 Å². The van der Waals surface area contributed by atoms with Crippen LogP contribution in [-0.4, -0.2) is 25.8 Å². The second kappa shape index (κ2) is 6.22. The van der Waals surface area contributed by atoms with Gasteiger partial charge in [0.25, 0.3) is 5.56 Å². The molecule has 7 heteroatoms. The minimum absolute atomic E-state index is 0.0478. The Kier molecular flexibility index (Phi) is 3.95. The third-order valence-corrected chi connectivity index (χ3v) is 3.54. The number of nitrogens with zero attached hydrogens (tertiary/aromatic N) is 3. The second-order valence-corrected chi connectivity index (χ2v) is 5.07. The molecule has 0 unspecified atom stereocenters. The molecule has 3 rings (SSSR count). The van der Waals surface area contributed by atoms with Crippen molar-refractivity contribution in [2.24, 2.45) is 0 Å². The molecule has 2 N–H and O–H groups in total. The normalized spacial score (nSPS) is 10.3. The molecule has 0 amide bonds. The summed E-state index contributed by atoms with van der Waals surface area (Å²) in [6.45, 7) is 0. The van der Waals surface area contributed by atoms with Crippen LogP contribution in [0.3, 0.4) is 0 Å². The number of carbonyl (C=O) groups is 1. The molecule has 2 aromatic heterocycles. The van der Waals surface area contributed by atoms with E-state index in [1.165, 1.54) is 23.0 Å². The third kappa shape index (κ3) is 2.80. The van der Waals surface area contributed by atoms with E-state index < -0.39 is 5.97 Å². The van der Waals surface area contributed by atoms with Crippen LogP contribution in [0.1, 0.15) is 15.9 Å². The summed E-state index contributed by atoms with van der Waals surface area (Å²) in [6, 6.07) is 12.1. The molecule has 0 saturated carbocycles. The number of H-pyrrole nitrogens is 1. The van der Waals surface area contributed by atoms with Crippen LogP contribution >= 0.6 is 0 Å². The molecule has 0 atom stereocenters. The van der Waals surface area contributed by atoms with Crippen LogP contribution in [0.15, 0.2) is 53.6 Å². The second-order valence-electron chi connectivity index (χ2n) is 5.07. The molecule has 7 nitrogen and oxygen atoms in total. The van der Waals surface area contributed by atoms with E-state index in [9.17, 15) is 9.59 Å². The maximum absolute atomic E-state index is 12.5. The van der Waals surface area contributed by atoms with Crippen molar-refractivity contribution in [1.29, 1.82) is 5.26 Å². The highest BCUT2D eigenvalue weighted by molar-refractivity contribution is 5.87. The van der Waals surface area contributed by atoms with Crippen molar-refractivity contribution < 1.29 is 9.90 Å². The van der Waals surface area contributed by atoms with Crippen LogP contribution in [0.4, 0.5) is 0 Å². The molecule has 0 bridgehead atoms. The van der Waals surface area contributed by atoms with E-state index in [1.807, 2.05) is 0 Å². The monoisotopic (exact) mass is 320 g/mol. The fourth-order valence-corrected chi connectivity index (χ4v) is 2.29. The van der Waals surface area contributed by atoms with Crippen LogP contribution in [0.5, 0.6) is 0 Å². The zero-order valence-electron chi connectivity index (χ0n) is 12.4. The summed E-state index contributed by atoms with van der Waals surface area (Å²) in [5, 5.41) is 20.4. The molecule has 1 aromatic carbocycles. The molecule has 0 saturated heterocycles. The number of carboxylic acids is 1. The van der Waals surface area contributed by atoms with Gasteiger partial charge in [-0.2, -0.15) is 5.26 Å². The molecule has 3 aromatic rings. The van der Waals surface area contributed by atoms with Gasteiger partial charge in [0.15, 0.2) is 5.82 Å². The smallest absolute Gasteiger partial charge is 0.337 e. The van der Waals surface area contributed by atoms with Gasteiger partial charge in [-0.05, 0) is 23.3 Å². The number of benzene rings is 1. The molecule has 24 heavy (non-hydrogen) atoms. The maximum atomic E-state index is 12.5. The van der Waals surface area contributed by atoms with E-state index in [4.69, 9.17) is 10.4 Å². The van der Waals surface area contributed by atoms with Crippen molar-refractivity contribution in [2.75, 3.05) is 0 Å². The highest BCUT2D eigenvalue weighted by Crippen LogP contribution is 2.16. The van der Waals surface area contributed by atoms with Crippen LogP contribution < -0.4 is 5.56 Å². The van der Waals surface area contributed by atoms with Crippen LogP contribution in [0, 0.1) is 11.3 Å². The Labute approximate surface area is 136 Å². The fraction of sp³-hybridized carbons (Fsp3) is 0.0588. The molecule has 118 valence electrons. The van der Waals surface area contributed by atoms with Crippen LogP contribution in [0.25, 0.3) is 16.9 Å². The number of pyridine rings is 1.